The van der Waals surface area contributed by atoms with Crippen LogP contribution in [0, 0.1) is 5.82 Å². The van der Waals surface area contributed by atoms with Gasteiger partial charge in [-0.05, 0) is 36.8 Å². The smallest absolute Gasteiger partial charge is 0.233 e. The molecule has 0 saturated heterocycles. The van der Waals surface area contributed by atoms with Crippen LogP contribution < -0.4 is 5.32 Å². The van der Waals surface area contributed by atoms with Gasteiger partial charge in [-0.3, -0.25) is 9.36 Å². The van der Waals surface area contributed by atoms with E-state index in [1.807, 2.05) is 42.5 Å². The van der Waals surface area contributed by atoms with Crippen molar-refractivity contribution in [1.82, 2.24) is 20.1 Å². The SMILES string of the molecule is C[C@@H](Sc1nnc(-c2ccccc2Cl)n1-c1ccccc1F)C(=O)NCc1ccccc1. The van der Waals surface area contributed by atoms with Gasteiger partial charge in [0.1, 0.15) is 5.82 Å². The van der Waals surface area contributed by atoms with Gasteiger partial charge in [-0.2, -0.15) is 0 Å². The Labute approximate surface area is 194 Å². The number of para-hydroxylation sites is 1. The second-order valence-corrected chi connectivity index (χ2v) is 8.75. The molecular weight excluding hydrogens is 447 g/mol. The van der Waals surface area contributed by atoms with Gasteiger partial charge in [0.05, 0.1) is 16.0 Å². The molecule has 3 aromatic carbocycles. The average molecular weight is 467 g/mol. The van der Waals surface area contributed by atoms with Crippen LogP contribution in [0.15, 0.2) is 84.0 Å². The number of aromatic nitrogens is 3. The molecule has 1 amide bonds. The van der Waals surface area contributed by atoms with Gasteiger partial charge in [0.2, 0.25) is 5.91 Å². The van der Waals surface area contributed by atoms with E-state index >= 15 is 0 Å². The Morgan fingerprint density at radius 3 is 2.47 bits per heavy atom. The lowest BCUT2D eigenvalue weighted by molar-refractivity contribution is -0.120. The van der Waals surface area contributed by atoms with Crippen molar-refractivity contribution in [1.29, 1.82) is 0 Å². The van der Waals surface area contributed by atoms with Gasteiger partial charge in [0.15, 0.2) is 11.0 Å². The summed E-state index contributed by atoms with van der Waals surface area (Å²) in [5, 5.41) is 11.9. The van der Waals surface area contributed by atoms with Crippen molar-refractivity contribution in [2.45, 2.75) is 23.9 Å². The van der Waals surface area contributed by atoms with E-state index in [1.54, 1.807) is 41.8 Å². The van der Waals surface area contributed by atoms with E-state index in [-0.39, 0.29) is 11.6 Å². The van der Waals surface area contributed by atoms with Crippen LogP contribution in [0.1, 0.15) is 12.5 Å². The van der Waals surface area contributed by atoms with Crippen molar-refractivity contribution in [3.05, 3.63) is 95.3 Å². The van der Waals surface area contributed by atoms with Crippen molar-refractivity contribution < 1.29 is 9.18 Å². The predicted molar refractivity (Wildman–Crippen MR) is 125 cm³/mol. The molecule has 8 heteroatoms. The van der Waals surface area contributed by atoms with Gasteiger partial charge >= 0.3 is 0 Å². The lowest BCUT2D eigenvalue weighted by Gasteiger charge is -2.15. The first kappa shape index (κ1) is 22.0. The van der Waals surface area contributed by atoms with E-state index in [1.165, 1.54) is 17.8 Å². The van der Waals surface area contributed by atoms with Crippen LogP contribution >= 0.6 is 23.4 Å². The molecule has 1 aromatic heterocycles. The van der Waals surface area contributed by atoms with Crippen LogP contribution in [0.2, 0.25) is 5.02 Å². The van der Waals surface area contributed by atoms with Crippen molar-refractivity contribution >= 4 is 29.3 Å². The summed E-state index contributed by atoms with van der Waals surface area (Å²) in [5.41, 5.74) is 1.92. The third-order valence-electron chi connectivity index (χ3n) is 4.80. The molecule has 32 heavy (non-hydrogen) atoms. The molecule has 0 aliphatic rings. The highest BCUT2D eigenvalue weighted by Gasteiger charge is 2.24. The second-order valence-electron chi connectivity index (χ2n) is 7.04. The number of nitrogens with one attached hydrogen (secondary N) is 1. The zero-order valence-corrected chi connectivity index (χ0v) is 18.8. The van der Waals surface area contributed by atoms with Crippen LogP contribution in [0.3, 0.4) is 0 Å². The Balaban J connectivity index is 1.63. The maximum absolute atomic E-state index is 14.7. The van der Waals surface area contributed by atoms with Gasteiger partial charge in [0.25, 0.3) is 0 Å². The summed E-state index contributed by atoms with van der Waals surface area (Å²) in [6.45, 7) is 2.20. The number of halogens is 2. The molecule has 1 N–H and O–H groups in total. The molecule has 5 nitrogen and oxygen atoms in total. The summed E-state index contributed by atoms with van der Waals surface area (Å²) in [5.74, 6) is -0.176. The number of carbonyl (C=O) groups is 1. The van der Waals surface area contributed by atoms with Crippen LogP contribution in [0.4, 0.5) is 4.39 Å². The first-order valence-corrected chi connectivity index (χ1v) is 11.2. The zero-order chi connectivity index (χ0) is 22.5. The van der Waals surface area contributed by atoms with Gasteiger partial charge in [0, 0.05) is 12.1 Å². The molecule has 1 atom stereocenters. The molecule has 0 fully saturated rings. The standard InChI is InChI=1S/C24H20ClFN4OS/c1-16(23(31)27-15-17-9-3-2-4-10-17)32-24-29-28-22(18-11-5-6-12-19(18)25)30(24)21-14-8-7-13-20(21)26/h2-14,16H,15H2,1H3,(H,27,31)/t16-/m1/s1. The van der Waals surface area contributed by atoms with Gasteiger partial charge in [-0.15, -0.1) is 10.2 Å². The fraction of sp³-hybridized carbons (Fsp3) is 0.125. The molecule has 4 rings (SSSR count). The van der Waals surface area contributed by atoms with Crippen LogP contribution in [0.5, 0.6) is 0 Å². The maximum Gasteiger partial charge on any atom is 0.233 e. The van der Waals surface area contributed by atoms with Crippen LogP contribution in [0.25, 0.3) is 17.1 Å². The van der Waals surface area contributed by atoms with Gasteiger partial charge in [-0.1, -0.05) is 78.0 Å². The van der Waals surface area contributed by atoms with E-state index in [0.717, 1.165) is 5.56 Å². The summed E-state index contributed by atoms with van der Waals surface area (Å²) in [4.78, 5) is 12.7. The van der Waals surface area contributed by atoms with Crippen LogP contribution in [-0.4, -0.2) is 25.9 Å². The van der Waals surface area contributed by atoms with Gasteiger partial charge < -0.3 is 5.32 Å². The summed E-state index contributed by atoms with van der Waals surface area (Å²) >= 11 is 7.58. The van der Waals surface area contributed by atoms with E-state index < -0.39 is 11.1 Å². The molecule has 0 bridgehead atoms. The Morgan fingerprint density at radius 2 is 1.72 bits per heavy atom. The number of nitrogens with zero attached hydrogens (tertiary/aromatic N) is 3. The normalized spacial score (nSPS) is 11.8. The van der Waals surface area contributed by atoms with Crippen LogP contribution in [-0.2, 0) is 11.3 Å². The van der Waals surface area contributed by atoms with Crippen molar-refractivity contribution in [2.24, 2.45) is 0 Å². The Hall–Kier alpha value is -3.16. The fourth-order valence-electron chi connectivity index (χ4n) is 3.15. The summed E-state index contributed by atoms with van der Waals surface area (Å²) in [6.07, 6.45) is 0. The third-order valence-corrected chi connectivity index (χ3v) is 6.17. The molecular formula is C24H20ClFN4OS. The van der Waals surface area contributed by atoms with Crippen molar-refractivity contribution in [3.63, 3.8) is 0 Å². The number of amides is 1. The lowest BCUT2D eigenvalue weighted by atomic mass is 10.2. The average Bonchev–Trinajstić information content (AvgIpc) is 3.21. The van der Waals surface area contributed by atoms with E-state index in [0.29, 0.717) is 28.1 Å². The number of hydrogen-bond donors (Lipinski definition) is 1. The molecule has 4 aromatic rings. The second kappa shape index (κ2) is 9.97. The Bertz CT molecular complexity index is 1230. The zero-order valence-electron chi connectivity index (χ0n) is 17.2. The summed E-state index contributed by atoms with van der Waals surface area (Å²) in [6, 6.07) is 23.2. The number of thioether (sulfide) groups is 1. The quantitative estimate of drug-likeness (QED) is 0.364. The highest BCUT2D eigenvalue weighted by molar-refractivity contribution is 8.00. The molecule has 0 aliphatic heterocycles. The minimum atomic E-state index is -0.479. The maximum atomic E-state index is 14.7. The Kier molecular flexibility index (Phi) is 6.87. The molecule has 162 valence electrons. The molecule has 0 aliphatic carbocycles. The highest BCUT2D eigenvalue weighted by Crippen LogP contribution is 2.33. The Morgan fingerprint density at radius 1 is 1.03 bits per heavy atom. The molecule has 0 spiro atoms. The topological polar surface area (TPSA) is 59.8 Å². The monoisotopic (exact) mass is 466 g/mol. The molecule has 1 heterocycles. The third kappa shape index (κ3) is 4.84. The molecule has 0 unspecified atom stereocenters. The summed E-state index contributed by atoms with van der Waals surface area (Å²) in [7, 11) is 0. The van der Waals surface area contributed by atoms with E-state index in [9.17, 15) is 9.18 Å². The fourth-order valence-corrected chi connectivity index (χ4v) is 4.26. The first-order chi connectivity index (χ1) is 15.5. The van der Waals surface area contributed by atoms with Crippen molar-refractivity contribution in [3.8, 4) is 17.1 Å². The van der Waals surface area contributed by atoms with E-state index in [4.69, 9.17) is 11.6 Å². The van der Waals surface area contributed by atoms with E-state index in [2.05, 4.69) is 15.5 Å². The predicted octanol–water partition coefficient (Wildman–Crippen LogP) is 5.52. The largest absolute Gasteiger partial charge is 0.351 e. The minimum absolute atomic E-state index is 0.152. The lowest BCUT2D eigenvalue weighted by Crippen LogP contribution is -2.30. The van der Waals surface area contributed by atoms with Crippen molar-refractivity contribution in [2.75, 3.05) is 0 Å². The molecule has 0 saturated carbocycles. The first-order valence-electron chi connectivity index (χ1n) is 9.98. The number of rotatable bonds is 7. The number of carbonyl (C=O) groups excluding carboxylic acids is 1. The van der Waals surface area contributed by atoms with Gasteiger partial charge in [-0.25, -0.2) is 4.39 Å². The highest BCUT2D eigenvalue weighted by atomic mass is 35.5. The number of benzene rings is 3. The summed E-state index contributed by atoms with van der Waals surface area (Å²) < 4.78 is 16.3. The minimum Gasteiger partial charge on any atom is -0.351 e. The number of hydrogen-bond acceptors (Lipinski definition) is 4. The molecule has 0 radical (unpaired) electrons.